The van der Waals surface area contributed by atoms with E-state index in [1.54, 1.807) is 30.3 Å². The number of carbonyl (C=O) groups excluding carboxylic acids is 1. The SMILES string of the molecule is O=C(CSc1nc2ccccc2c(=O)n1CCCO)Nc1ccccc1OC(F)F. The van der Waals surface area contributed by atoms with Crippen molar-refractivity contribution in [3.8, 4) is 5.75 Å². The molecule has 2 aromatic carbocycles. The summed E-state index contributed by atoms with van der Waals surface area (Å²) in [4.78, 5) is 29.6. The molecule has 3 aromatic rings. The third-order valence-electron chi connectivity index (χ3n) is 4.08. The van der Waals surface area contributed by atoms with Crippen LogP contribution in [-0.4, -0.2) is 39.5 Å². The Kier molecular flexibility index (Phi) is 7.36. The molecule has 158 valence electrons. The van der Waals surface area contributed by atoms with Gasteiger partial charge < -0.3 is 15.2 Å². The van der Waals surface area contributed by atoms with Gasteiger partial charge in [-0.1, -0.05) is 36.0 Å². The number of aliphatic hydroxyl groups excluding tert-OH is 1. The number of alkyl halides is 2. The van der Waals surface area contributed by atoms with E-state index in [0.29, 0.717) is 22.5 Å². The fraction of sp³-hybridized carbons (Fsp3) is 0.250. The topological polar surface area (TPSA) is 93.5 Å². The van der Waals surface area contributed by atoms with Crippen LogP contribution in [0.25, 0.3) is 10.9 Å². The number of nitrogens with zero attached hydrogens (tertiary/aromatic N) is 2. The van der Waals surface area contributed by atoms with Crippen LogP contribution in [0.15, 0.2) is 58.5 Å². The second kappa shape index (κ2) is 10.2. The van der Waals surface area contributed by atoms with Crippen LogP contribution in [0.3, 0.4) is 0 Å². The largest absolute Gasteiger partial charge is 0.433 e. The minimum Gasteiger partial charge on any atom is -0.433 e. The van der Waals surface area contributed by atoms with Gasteiger partial charge in [0.1, 0.15) is 5.75 Å². The summed E-state index contributed by atoms with van der Waals surface area (Å²) in [6.07, 6.45) is 0.359. The Morgan fingerprint density at radius 2 is 1.93 bits per heavy atom. The van der Waals surface area contributed by atoms with Crippen molar-refractivity contribution in [1.29, 1.82) is 0 Å². The number of halogens is 2. The quantitative estimate of drug-likeness (QED) is 0.396. The molecule has 1 heterocycles. The number of aromatic nitrogens is 2. The zero-order chi connectivity index (χ0) is 21.5. The summed E-state index contributed by atoms with van der Waals surface area (Å²) in [5, 5.41) is 12.4. The Hall–Kier alpha value is -2.98. The smallest absolute Gasteiger partial charge is 0.387 e. The van der Waals surface area contributed by atoms with Crippen molar-refractivity contribution in [2.45, 2.75) is 24.7 Å². The molecule has 0 fully saturated rings. The highest BCUT2D eigenvalue weighted by Gasteiger charge is 2.15. The molecule has 0 saturated carbocycles. The Bertz CT molecular complexity index is 1090. The van der Waals surface area contributed by atoms with E-state index in [1.165, 1.54) is 22.8 Å². The first-order valence-electron chi connectivity index (χ1n) is 9.06. The Labute approximate surface area is 174 Å². The van der Waals surface area contributed by atoms with Crippen LogP contribution in [0.1, 0.15) is 6.42 Å². The van der Waals surface area contributed by atoms with Gasteiger partial charge in [-0.15, -0.1) is 0 Å². The van der Waals surface area contributed by atoms with Gasteiger partial charge >= 0.3 is 6.61 Å². The first kappa shape index (κ1) is 21.7. The number of anilines is 1. The highest BCUT2D eigenvalue weighted by molar-refractivity contribution is 7.99. The molecule has 0 atom stereocenters. The number of nitrogens with one attached hydrogen (secondary N) is 1. The van der Waals surface area contributed by atoms with Crippen molar-refractivity contribution in [2.24, 2.45) is 0 Å². The molecule has 0 saturated heterocycles. The maximum atomic E-state index is 12.8. The molecule has 0 aliphatic rings. The number of aliphatic hydroxyl groups is 1. The second-order valence-electron chi connectivity index (χ2n) is 6.16. The number of thioether (sulfide) groups is 1. The third-order valence-corrected chi connectivity index (χ3v) is 5.05. The summed E-state index contributed by atoms with van der Waals surface area (Å²) in [6.45, 7) is -2.85. The van der Waals surface area contributed by atoms with Gasteiger partial charge in [0.2, 0.25) is 5.91 Å². The van der Waals surface area contributed by atoms with Crippen molar-refractivity contribution >= 4 is 34.3 Å². The summed E-state index contributed by atoms with van der Waals surface area (Å²) < 4.78 is 30.9. The van der Waals surface area contributed by atoms with Gasteiger partial charge in [0.05, 0.1) is 22.3 Å². The van der Waals surface area contributed by atoms with E-state index in [0.717, 1.165) is 11.8 Å². The number of hydrogen-bond donors (Lipinski definition) is 2. The van der Waals surface area contributed by atoms with Gasteiger partial charge in [-0.25, -0.2) is 4.98 Å². The first-order chi connectivity index (χ1) is 14.5. The van der Waals surface area contributed by atoms with Crippen LogP contribution >= 0.6 is 11.8 Å². The molecule has 0 spiro atoms. The molecule has 1 aromatic heterocycles. The summed E-state index contributed by atoms with van der Waals surface area (Å²) in [7, 11) is 0. The lowest BCUT2D eigenvalue weighted by Gasteiger charge is -2.13. The summed E-state index contributed by atoms with van der Waals surface area (Å²) >= 11 is 1.04. The average Bonchev–Trinajstić information content (AvgIpc) is 2.73. The number of benzene rings is 2. The zero-order valence-electron chi connectivity index (χ0n) is 15.8. The van der Waals surface area contributed by atoms with E-state index in [2.05, 4.69) is 15.0 Å². The number of amides is 1. The molecule has 0 radical (unpaired) electrons. The van der Waals surface area contributed by atoms with Gasteiger partial charge in [0.25, 0.3) is 5.56 Å². The standard InChI is InChI=1S/C20H19F2N3O4S/c21-19(22)29-16-9-4-3-8-15(16)23-17(27)12-30-20-24-14-7-2-1-6-13(14)18(28)25(20)10-5-11-26/h1-4,6-9,19,26H,5,10-12H2,(H,23,27). The maximum Gasteiger partial charge on any atom is 0.387 e. The number of para-hydroxylation sites is 3. The van der Waals surface area contributed by atoms with E-state index in [9.17, 15) is 18.4 Å². The Morgan fingerprint density at radius 1 is 1.20 bits per heavy atom. The summed E-state index contributed by atoms with van der Waals surface area (Å²) in [6, 6.07) is 12.7. The van der Waals surface area contributed by atoms with E-state index in [4.69, 9.17) is 5.11 Å². The molecule has 0 aliphatic carbocycles. The van der Waals surface area contributed by atoms with Crippen LogP contribution in [0, 0.1) is 0 Å². The van der Waals surface area contributed by atoms with Gasteiger partial charge in [-0.2, -0.15) is 8.78 Å². The van der Waals surface area contributed by atoms with E-state index >= 15 is 0 Å². The molecule has 2 N–H and O–H groups in total. The molecule has 30 heavy (non-hydrogen) atoms. The molecule has 0 aliphatic heterocycles. The molecular weight excluding hydrogens is 416 g/mol. The minimum atomic E-state index is -3.01. The average molecular weight is 435 g/mol. The number of rotatable bonds is 9. The first-order valence-corrected chi connectivity index (χ1v) is 10.0. The summed E-state index contributed by atoms with van der Waals surface area (Å²) in [5.41, 5.74) is 0.363. The fourth-order valence-electron chi connectivity index (χ4n) is 2.77. The summed E-state index contributed by atoms with van der Waals surface area (Å²) in [5.74, 6) is -0.719. The molecule has 10 heteroatoms. The van der Waals surface area contributed by atoms with Gasteiger partial charge in [-0.05, 0) is 30.7 Å². The van der Waals surface area contributed by atoms with Gasteiger partial charge in [-0.3, -0.25) is 14.2 Å². The van der Waals surface area contributed by atoms with Gasteiger partial charge in [0.15, 0.2) is 5.16 Å². The lowest BCUT2D eigenvalue weighted by Crippen LogP contribution is -2.25. The third kappa shape index (κ3) is 5.33. The normalized spacial score (nSPS) is 11.1. The second-order valence-corrected chi connectivity index (χ2v) is 7.10. The lowest BCUT2D eigenvalue weighted by molar-refractivity contribution is -0.113. The minimum absolute atomic E-state index is 0.0925. The van der Waals surface area contributed by atoms with Gasteiger partial charge in [0, 0.05) is 13.2 Å². The van der Waals surface area contributed by atoms with Crippen molar-refractivity contribution < 1.29 is 23.4 Å². The highest BCUT2D eigenvalue weighted by Crippen LogP contribution is 2.26. The van der Waals surface area contributed by atoms with Crippen molar-refractivity contribution in [1.82, 2.24) is 9.55 Å². The van der Waals surface area contributed by atoms with Crippen LogP contribution in [-0.2, 0) is 11.3 Å². The molecule has 7 nitrogen and oxygen atoms in total. The monoisotopic (exact) mass is 435 g/mol. The fourth-order valence-corrected chi connectivity index (χ4v) is 3.59. The number of carbonyl (C=O) groups is 1. The number of ether oxygens (including phenoxy) is 1. The number of hydrogen-bond acceptors (Lipinski definition) is 6. The predicted molar refractivity (Wildman–Crippen MR) is 110 cm³/mol. The van der Waals surface area contributed by atoms with Crippen LogP contribution in [0.2, 0.25) is 0 Å². The maximum absolute atomic E-state index is 12.8. The number of fused-ring (bicyclic) bond motifs is 1. The van der Waals surface area contributed by atoms with E-state index < -0.39 is 12.5 Å². The molecular formula is C20H19F2N3O4S. The van der Waals surface area contributed by atoms with Crippen LogP contribution < -0.4 is 15.6 Å². The van der Waals surface area contributed by atoms with E-state index in [1.807, 2.05) is 0 Å². The predicted octanol–water partition coefficient (Wildman–Crippen LogP) is 3.11. The Morgan fingerprint density at radius 3 is 2.70 bits per heavy atom. The van der Waals surface area contributed by atoms with Crippen LogP contribution in [0.5, 0.6) is 5.75 Å². The van der Waals surface area contributed by atoms with Crippen LogP contribution in [0.4, 0.5) is 14.5 Å². The van der Waals surface area contributed by atoms with Crippen molar-refractivity contribution in [2.75, 3.05) is 17.7 Å². The molecule has 0 bridgehead atoms. The van der Waals surface area contributed by atoms with Crippen molar-refractivity contribution in [3.63, 3.8) is 0 Å². The molecule has 0 unspecified atom stereocenters. The van der Waals surface area contributed by atoms with Crippen molar-refractivity contribution in [3.05, 3.63) is 58.9 Å². The lowest BCUT2D eigenvalue weighted by atomic mass is 10.2. The molecule has 3 rings (SSSR count). The zero-order valence-corrected chi connectivity index (χ0v) is 16.6. The Balaban J connectivity index is 1.78. The highest BCUT2D eigenvalue weighted by atomic mass is 32.2. The van der Waals surface area contributed by atoms with E-state index in [-0.39, 0.29) is 35.9 Å². The molecule has 1 amide bonds.